The van der Waals surface area contributed by atoms with Crippen LogP contribution in [0.5, 0.6) is 0 Å². The second-order valence-corrected chi connectivity index (χ2v) is 16.8. The molecule has 30 heavy (non-hydrogen) atoms. The number of halogens is 2. The summed E-state index contributed by atoms with van der Waals surface area (Å²) >= 11 is 2.27. The quantitative estimate of drug-likeness (QED) is 0.409. The van der Waals surface area contributed by atoms with Crippen LogP contribution in [0.25, 0.3) is 0 Å². The molecule has 0 aromatic carbocycles. The minimum absolute atomic E-state index is 0. The van der Waals surface area contributed by atoms with Gasteiger partial charge in [-0.25, -0.2) is 23.3 Å². The molecule has 0 fully saturated rings. The first-order chi connectivity index (χ1) is 12.8. The first kappa shape index (κ1) is 35.1. The van der Waals surface area contributed by atoms with E-state index in [9.17, 15) is 0 Å². The van der Waals surface area contributed by atoms with Gasteiger partial charge in [-0.15, -0.1) is 12.8 Å². The summed E-state index contributed by atoms with van der Waals surface area (Å²) in [5.41, 5.74) is 6.48. The third-order valence-corrected chi connectivity index (χ3v) is 4.47. The van der Waals surface area contributed by atoms with E-state index in [2.05, 4.69) is 112 Å². The predicted octanol–water partition coefficient (Wildman–Crippen LogP) is 2.58. The Morgan fingerprint density at radius 1 is 0.767 bits per heavy atom. The van der Waals surface area contributed by atoms with E-state index in [4.69, 9.17) is 0 Å². The Hall–Kier alpha value is 0.471. The molecule has 0 nitrogen and oxygen atoms in total. The topological polar surface area (TPSA) is 0 Å². The molecule has 0 saturated heterocycles. The Bertz CT molecular complexity index is 572. The van der Waals surface area contributed by atoms with Crippen LogP contribution in [-0.4, -0.2) is 6.19 Å². The summed E-state index contributed by atoms with van der Waals surface area (Å²) in [6.45, 7) is 22.5. The van der Waals surface area contributed by atoms with Crippen molar-refractivity contribution in [2.75, 3.05) is 0 Å². The number of rotatable bonds is 4. The zero-order valence-corrected chi connectivity index (χ0v) is 25.2. The minimum Gasteiger partial charge on any atom is -1.00 e. The van der Waals surface area contributed by atoms with Crippen molar-refractivity contribution in [1.29, 1.82) is 0 Å². The SMILES string of the molecule is CCCC1=CC(C(C)(C)C)=[C-]C1.CCCC1=CC(C(C)(C)C)=[C-]C1.C[Si](C)=[Ti+2].[Cl-].[Cl-]. The van der Waals surface area contributed by atoms with Gasteiger partial charge in [0.15, 0.2) is 0 Å². The molecule has 0 saturated carbocycles. The van der Waals surface area contributed by atoms with E-state index >= 15 is 0 Å². The average molecular weight is 503 g/mol. The van der Waals surface area contributed by atoms with Crippen LogP contribution < -0.4 is 24.8 Å². The zero-order valence-electron chi connectivity index (χ0n) is 21.2. The van der Waals surface area contributed by atoms with E-state index in [1.54, 1.807) is 11.1 Å². The summed E-state index contributed by atoms with van der Waals surface area (Å²) in [5.74, 6) is 0. The molecule has 2 aliphatic carbocycles. The van der Waals surface area contributed by atoms with Gasteiger partial charge in [0.25, 0.3) is 0 Å². The maximum absolute atomic E-state index is 3.46. The molecular weight excluding hydrogens is 459 g/mol. The van der Waals surface area contributed by atoms with Gasteiger partial charge in [0.1, 0.15) is 0 Å². The second-order valence-electron chi connectivity index (χ2n) is 10.1. The Labute approximate surface area is 213 Å². The molecule has 0 unspecified atom stereocenters. The molecule has 0 aromatic heterocycles. The second kappa shape index (κ2) is 17.0. The fourth-order valence-electron chi connectivity index (χ4n) is 2.96. The smallest absolute Gasteiger partial charge is 1.00 e. The third-order valence-electron chi connectivity index (χ3n) is 4.47. The van der Waals surface area contributed by atoms with Crippen molar-refractivity contribution in [1.82, 2.24) is 0 Å². The zero-order chi connectivity index (χ0) is 22.0. The van der Waals surface area contributed by atoms with Gasteiger partial charge in [-0.05, 0) is 23.7 Å². The van der Waals surface area contributed by atoms with Crippen LogP contribution >= 0.6 is 0 Å². The van der Waals surface area contributed by atoms with Crippen molar-refractivity contribution >= 4 is 6.19 Å². The van der Waals surface area contributed by atoms with Gasteiger partial charge in [-0.3, -0.25) is 12.2 Å². The standard InChI is InChI=1S/2C12H19.C2H6Si.2ClH.Ti/c2*1-5-6-10-7-8-11(9-10)12(2,3)4;1-3-2;;;/h2*9H,5-7H2,1-4H3;1-2H3;2*1H;/q2*-1;;;;+2/p-2. The van der Waals surface area contributed by atoms with Crippen LogP contribution in [0.15, 0.2) is 34.4 Å². The van der Waals surface area contributed by atoms with Crippen molar-refractivity contribution in [2.24, 2.45) is 10.8 Å². The Balaban J connectivity index is -0.000000391. The van der Waals surface area contributed by atoms with Crippen molar-refractivity contribution in [2.45, 2.75) is 107 Å². The van der Waals surface area contributed by atoms with Crippen LogP contribution in [0.1, 0.15) is 93.9 Å². The van der Waals surface area contributed by atoms with Gasteiger partial charge >= 0.3 is 38.5 Å². The van der Waals surface area contributed by atoms with Crippen LogP contribution in [-0.2, 0) is 19.2 Å². The van der Waals surface area contributed by atoms with Gasteiger partial charge in [0, 0.05) is 0 Å². The van der Waals surface area contributed by atoms with Crippen molar-refractivity contribution < 1.29 is 44.0 Å². The molecule has 0 bridgehead atoms. The van der Waals surface area contributed by atoms with Crippen LogP contribution in [0.4, 0.5) is 0 Å². The largest absolute Gasteiger partial charge is 1.00 e. The summed E-state index contributed by atoms with van der Waals surface area (Å²) in [7, 11) is 0. The van der Waals surface area contributed by atoms with Gasteiger partial charge in [-0.2, -0.15) is 11.1 Å². The Morgan fingerprint density at radius 3 is 1.20 bits per heavy atom. The molecule has 2 aliphatic rings. The van der Waals surface area contributed by atoms with Gasteiger partial charge < -0.3 is 24.8 Å². The monoisotopic (exact) mass is 502 g/mol. The first-order valence-corrected chi connectivity index (χ1v) is 15.8. The van der Waals surface area contributed by atoms with E-state index in [0.717, 1.165) is 12.8 Å². The van der Waals surface area contributed by atoms with Crippen molar-refractivity contribution in [3.8, 4) is 0 Å². The molecule has 0 heterocycles. The predicted molar refractivity (Wildman–Crippen MR) is 125 cm³/mol. The van der Waals surface area contributed by atoms with E-state index in [1.807, 2.05) is 0 Å². The molecule has 2 rings (SSSR count). The van der Waals surface area contributed by atoms with Crippen LogP contribution in [0.3, 0.4) is 0 Å². The summed E-state index contributed by atoms with van der Waals surface area (Å²) in [5, 5.41) is 0. The van der Waals surface area contributed by atoms with E-state index in [-0.39, 0.29) is 41.8 Å². The molecule has 4 heteroatoms. The molecule has 0 aliphatic heterocycles. The van der Waals surface area contributed by atoms with E-state index in [0.29, 0.717) is 0 Å². The van der Waals surface area contributed by atoms with Crippen molar-refractivity contribution in [3.05, 3.63) is 46.6 Å². The Kier molecular flexibility index (Phi) is 19.9. The fraction of sp³-hybridized carbons (Fsp3) is 0.692. The Morgan fingerprint density at radius 2 is 1.03 bits per heavy atom. The summed E-state index contributed by atoms with van der Waals surface area (Å²) < 4.78 is 0. The normalized spacial score (nSPS) is 15.1. The molecular formula is C26H44Cl2SiTi-2. The first-order valence-electron chi connectivity index (χ1n) is 10.9. The number of hydrogen-bond acceptors (Lipinski definition) is 0. The fourth-order valence-corrected chi connectivity index (χ4v) is 2.96. The van der Waals surface area contributed by atoms with Gasteiger partial charge in [0.2, 0.25) is 0 Å². The van der Waals surface area contributed by atoms with Crippen LogP contribution in [0.2, 0.25) is 13.1 Å². The molecule has 172 valence electrons. The maximum Gasteiger partial charge on any atom is -1.00 e. The summed E-state index contributed by atoms with van der Waals surface area (Å²) in [6, 6.07) is 0. The van der Waals surface area contributed by atoms with E-state index in [1.165, 1.54) is 36.8 Å². The molecule has 0 atom stereocenters. The third kappa shape index (κ3) is 16.2. The molecule has 0 radical (unpaired) electrons. The molecule has 0 amide bonds. The molecule has 0 aromatic rings. The summed E-state index contributed by atoms with van der Waals surface area (Å²) in [4.78, 5) is 0. The van der Waals surface area contributed by atoms with E-state index < -0.39 is 0 Å². The number of hydrogen-bond donors (Lipinski definition) is 0. The average Bonchev–Trinajstić information content (AvgIpc) is 3.16. The van der Waals surface area contributed by atoms with Crippen LogP contribution in [0, 0.1) is 23.0 Å². The molecule has 0 N–H and O–H groups in total. The molecule has 0 spiro atoms. The van der Waals surface area contributed by atoms with Gasteiger partial charge in [0.05, 0.1) is 0 Å². The number of allylic oxidation sites excluding steroid dienone is 8. The minimum atomic E-state index is 0. The van der Waals surface area contributed by atoms with Gasteiger partial charge in [-0.1, -0.05) is 68.2 Å². The maximum atomic E-state index is 3.46. The van der Waals surface area contributed by atoms with Crippen molar-refractivity contribution in [3.63, 3.8) is 0 Å². The summed E-state index contributed by atoms with van der Waals surface area (Å²) in [6.07, 6.45) is 18.8.